The predicted molar refractivity (Wildman–Crippen MR) is 93.8 cm³/mol. The van der Waals surface area contributed by atoms with Gasteiger partial charge in [-0.05, 0) is 54.8 Å². The molecular weight excluding hydrogens is 415 g/mol. The number of imidazole rings is 1. The van der Waals surface area contributed by atoms with E-state index in [2.05, 4.69) is 38.1 Å². The van der Waals surface area contributed by atoms with Crippen molar-refractivity contribution in [3.63, 3.8) is 0 Å². The Labute approximate surface area is 157 Å². The van der Waals surface area contributed by atoms with Crippen LogP contribution in [-0.2, 0) is 11.2 Å². The van der Waals surface area contributed by atoms with E-state index in [-0.39, 0.29) is 17.9 Å². The van der Waals surface area contributed by atoms with E-state index in [1.165, 1.54) is 10.6 Å². The molecule has 0 bridgehead atoms. The average molecular weight is 432 g/mol. The second kappa shape index (κ2) is 7.58. The summed E-state index contributed by atoms with van der Waals surface area (Å²) in [5, 5.41) is 2.42. The summed E-state index contributed by atoms with van der Waals surface area (Å²) in [6.45, 7) is 5.08. The SMILES string of the molecule is CC(C)(C)OC(=O)NCC#Cc1nc2c(Br)cccn2c1CC(F)(F)F. The Balaban J connectivity index is 2.23. The lowest BCUT2D eigenvalue weighted by atomic mass is 10.2. The fourth-order valence-corrected chi connectivity index (χ4v) is 2.53. The van der Waals surface area contributed by atoms with Crippen molar-refractivity contribution in [2.75, 3.05) is 6.54 Å². The number of pyridine rings is 1. The van der Waals surface area contributed by atoms with Crippen LogP contribution in [0.2, 0.25) is 0 Å². The summed E-state index contributed by atoms with van der Waals surface area (Å²) < 4.78 is 45.7. The van der Waals surface area contributed by atoms with Crippen LogP contribution >= 0.6 is 15.9 Å². The molecule has 9 heteroatoms. The third-order valence-electron chi connectivity index (χ3n) is 3.00. The highest BCUT2D eigenvalue weighted by molar-refractivity contribution is 9.10. The summed E-state index contributed by atoms with van der Waals surface area (Å²) in [5.41, 5.74) is -0.347. The van der Waals surface area contributed by atoms with E-state index >= 15 is 0 Å². The van der Waals surface area contributed by atoms with Crippen LogP contribution in [0.1, 0.15) is 32.2 Å². The minimum atomic E-state index is -4.40. The van der Waals surface area contributed by atoms with Crippen molar-refractivity contribution < 1.29 is 22.7 Å². The number of hydrogen-bond acceptors (Lipinski definition) is 3. The highest BCUT2D eigenvalue weighted by atomic mass is 79.9. The van der Waals surface area contributed by atoms with Gasteiger partial charge in [-0.25, -0.2) is 9.78 Å². The average Bonchev–Trinajstić information content (AvgIpc) is 2.80. The third-order valence-corrected chi connectivity index (χ3v) is 3.61. The van der Waals surface area contributed by atoms with Gasteiger partial charge in [0.2, 0.25) is 0 Å². The maximum Gasteiger partial charge on any atom is 0.408 e. The van der Waals surface area contributed by atoms with Crippen LogP contribution in [0.5, 0.6) is 0 Å². The number of alkyl carbamates (subject to hydrolysis) is 1. The smallest absolute Gasteiger partial charge is 0.408 e. The molecule has 0 aliphatic heterocycles. The summed E-state index contributed by atoms with van der Waals surface area (Å²) in [6.07, 6.45) is -4.71. The number of carbonyl (C=O) groups excluding carboxylic acids is 1. The molecule has 0 saturated carbocycles. The maximum atomic E-state index is 12.9. The van der Waals surface area contributed by atoms with Gasteiger partial charge in [-0.3, -0.25) is 0 Å². The van der Waals surface area contributed by atoms with Crippen molar-refractivity contribution in [2.45, 2.75) is 39.0 Å². The number of alkyl halides is 3. The number of aromatic nitrogens is 2. The first-order chi connectivity index (χ1) is 12.0. The van der Waals surface area contributed by atoms with Crippen molar-refractivity contribution >= 4 is 27.7 Å². The van der Waals surface area contributed by atoms with E-state index in [0.717, 1.165) is 0 Å². The number of fused-ring (bicyclic) bond motifs is 1. The Morgan fingerprint density at radius 3 is 2.69 bits per heavy atom. The van der Waals surface area contributed by atoms with Gasteiger partial charge in [0.1, 0.15) is 11.3 Å². The first kappa shape index (κ1) is 20.1. The molecule has 0 fully saturated rings. The van der Waals surface area contributed by atoms with E-state index in [9.17, 15) is 18.0 Å². The zero-order chi connectivity index (χ0) is 19.5. The van der Waals surface area contributed by atoms with Gasteiger partial charge >= 0.3 is 12.3 Å². The van der Waals surface area contributed by atoms with Crippen molar-refractivity contribution in [1.82, 2.24) is 14.7 Å². The Morgan fingerprint density at radius 2 is 2.08 bits per heavy atom. The third kappa shape index (κ3) is 5.66. The molecular formula is C17H17BrF3N3O2. The number of amides is 1. The zero-order valence-electron chi connectivity index (χ0n) is 14.4. The van der Waals surface area contributed by atoms with E-state index in [1.54, 1.807) is 32.9 Å². The Morgan fingerprint density at radius 1 is 1.38 bits per heavy atom. The quantitative estimate of drug-likeness (QED) is 0.728. The molecule has 0 aliphatic rings. The van der Waals surface area contributed by atoms with Crippen LogP contribution in [0, 0.1) is 11.8 Å². The number of hydrogen-bond donors (Lipinski definition) is 1. The molecule has 0 radical (unpaired) electrons. The van der Waals surface area contributed by atoms with Crippen molar-refractivity contribution in [2.24, 2.45) is 0 Å². The molecule has 1 N–H and O–H groups in total. The number of nitrogens with one attached hydrogen (secondary N) is 1. The van der Waals surface area contributed by atoms with E-state index in [0.29, 0.717) is 10.1 Å². The van der Waals surface area contributed by atoms with Crippen LogP contribution in [0.4, 0.5) is 18.0 Å². The minimum Gasteiger partial charge on any atom is -0.444 e. The molecule has 0 aromatic carbocycles. The van der Waals surface area contributed by atoms with Gasteiger partial charge in [0.05, 0.1) is 23.1 Å². The van der Waals surface area contributed by atoms with Gasteiger partial charge in [-0.1, -0.05) is 5.92 Å². The van der Waals surface area contributed by atoms with Gasteiger partial charge < -0.3 is 14.5 Å². The largest absolute Gasteiger partial charge is 0.444 e. The molecule has 1 amide bonds. The second-order valence-corrected chi connectivity index (χ2v) is 7.26. The van der Waals surface area contributed by atoms with Crippen LogP contribution in [0.25, 0.3) is 5.65 Å². The molecule has 26 heavy (non-hydrogen) atoms. The second-order valence-electron chi connectivity index (χ2n) is 6.41. The Bertz CT molecular complexity index is 873. The van der Waals surface area contributed by atoms with Gasteiger partial charge in [0.15, 0.2) is 5.65 Å². The summed E-state index contributed by atoms with van der Waals surface area (Å²) in [7, 11) is 0. The molecule has 0 atom stereocenters. The van der Waals surface area contributed by atoms with E-state index in [1.807, 2.05) is 0 Å². The predicted octanol–water partition coefficient (Wildman–Crippen LogP) is 4.08. The van der Waals surface area contributed by atoms with E-state index < -0.39 is 24.3 Å². The Hall–Kier alpha value is -2.21. The normalized spacial score (nSPS) is 11.8. The summed E-state index contributed by atoms with van der Waals surface area (Å²) >= 11 is 3.27. The topological polar surface area (TPSA) is 55.6 Å². The minimum absolute atomic E-state index is 0.0141. The van der Waals surface area contributed by atoms with Crippen LogP contribution < -0.4 is 5.32 Å². The van der Waals surface area contributed by atoms with Crippen LogP contribution in [0.15, 0.2) is 22.8 Å². The first-order valence-corrected chi connectivity index (χ1v) is 8.43. The standard InChI is InChI=1S/C17H17BrF3N3O2/c1-16(2,3)26-15(25)22-8-4-7-12-13(10-17(19,20)21)24-9-5-6-11(18)14(24)23-12/h5-6,9H,8,10H2,1-3H3,(H,22,25). The lowest BCUT2D eigenvalue weighted by molar-refractivity contribution is -0.128. The number of nitrogens with zero attached hydrogens (tertiary/aromatic N) is 2. The van der Waals surface area contributed by atoms with Crippen molar-refractivity contribution in [3.8, 4) is 11.8 Å². The molecule has 0 aliphatic carbocycles. The highest BCUT2D eigenvalue weighted by Gasteiger charge is 2.31. The fourth-order valence-electron chi connectivity index (χ4n) is 2.10. The van der Waals surface area contributed by atoms with Gasteiger partial charge in [0, 0.05) is 6.20 Å². The Kier molecular flexibility index (Phi) is 5.86. The molecule has 0 spiro atoms. The summed E-state index contributed by atoms with van der Waals surface area (Å²) in [6, 6.07) is 3.29. The summed E-state index contributed by atoms with van der Waals surface area (Å²) in [5.74, 6) is 5.20. The fraction of sp³-hybridized carbons (Fsp3) is 0.412. The van der Waals surface area contributed by atoms with Crippen molar-refractivity contribution in [3.05, 3.63) is 34.2 Å². The molecule has 140 valence electrons. The van der Waals surface area contributed by atoms with Gasteiger partial charge in [-0.15, -0.1) is 0 Å². The number of ether oxygens (including phenoxy) is 1. The summed E-state index contributed by atoms with van der Waals surface area (Å²) in [4.78, 5) is 15.7. The van der Waals surface area contributed by atoms with Gasteiger partial charge in [0.25, 0.3) is 0 Å². The number of carbonyl (C=O) groups is 1. The van der Waals surface area contributed by atoms with Crippen molar-refractivity contribution in [1.29, 1.82) is 0 Å². The molecule has 2 aromatic heterocycles. The molecule has 5 nitrogen and oxygen atoms in total. The molecule has 2 heterocycles. The first-order valence-electron chi connectivity index (χ1n) is 7.64. The lowest BCUT2D eigenvalue weighted by Gasteiger charge is -2.18. The molecule has 2 aromatic rings. The monoisotopic (exact) mass is 431 g/mol. The highest BCUT2D eigenvalue weighted by Crippen LogP contribution is 2.26. The number of halogens is 4. The maximum absolute atomic E-state index is 12.9. The lowest BCUT2D eigenvalue weighted by Crippen LogP contribution is -2.32. The molecule has 0 unspecified atom stereocenters. The van der Waals surface area contributed by atoms with Crippen LogP contribution in [-0.4, -0.2) is 33.8 Å². The van der Waals surface area contributed by atoms with Gasteiger partial charge in [-0.2, -0.15) is 13.2 Å². The zero-order valence-corrected chi connectivity index (χ0v) is 16.0. The molecule has 2 rings (SSSR count). The van der Waals surface area contributed by atoms with E-state index in [4.69, 9.17) is 4.74 Å². The number of rotatable bonds is 2. The molecule has 0 saturated heterocycles. The van der Waals surface area contributed by atoms with Crippen LogP contribution in [0.3, 0.4) is 0 Å².